The third-order valence-corrected chi connectivity index (χ3v) is 5.20. The first-order chi connectivity index (χ1) is 10.3. The van der Waals surface area contributed by atoms with E-state index in [0.29, 0.717) is 0 Å². The summed E-state index contributed by atoms with van der Waals surface area (Å²) in [7, 11) is 2.06. The van der Waals surface area contributed by atoms with Crippen LogP contribution < -0.4 is 5.32 Å². The number of imidazole rings is 1. The molecule has 0 saturated carbocycles. The third kappa shape index (κ3) is 5.16. The van der Waals surface area contributed by atoms with Crippen LogP contribution in [0.15, 0.2) is 29.9 Å². The topological polar surface area (TPSA) is 29.9 Å². The number of thiophene rings is 1. The molecule has 2 aromatic heterocycles. The lowest BCUT2D eigenvalue weighted by Gasteiger charge is -2.17. The van der Waals surface area contributed by atoms with Gasteiger partial charge in [-0.1, -0.05) is 18.9 Å². The fraction of sp³-hybridized carbons (Fsp3) is 0.562. The molecule has 116 valence electrons. The molecule has 2 rings (SSSR count). The van der Waals surface area contributed by atoms with Gasteiger partial charge >= 0.3 is 0 Å². The number of hydrogen-bond acceptors (Lipinski definition) is 4. The minimum atomic E-state index is 0.219. The lowest BCUT2D eigenvalue weighted by Crippen LogP contribution is -2.25. The maximum Gasteiger partial charge on any atom is 0.131 e. The first-order valence-electron chi connectivity index (χ1n) is 7.56. The number of nitrogens with zero attached hydrogens (tertiary/aromatic N) is 2. The Morgan fingerprint density at radius 1 is 1.33 bits per heavy atom. The van der Waals surface area contributed by atoms with Gasteiger partial charge in [0.25, 0.3) is 0 Å². The van der Waals surface area contributed by atoms with Crippen LogP contribution in [0.5, 0.6) is 0 Å². The van der Waals surface area contributed by atoms with Crippen molar-refractivity contribution in [3.05, 3.63) is 40.6 Å². The van der Waals surface area contributed by atoms with Crippen LogP contribution in [-0.2, 0) is 7.05 Å². The third-order valence-electron chi connectivity index (χ3n) is 3.57. The van der Waals surface area contributed by atoms with Gasteiger partial charge in [0.05, 0.1) is 0 Å². The number of thioether (sulfide) groups is 1. The summed E-state index contributed by atoms with van der Waals surface area (Å²) >= 11 is 3.74. The van der Waals surface area contributed by atoms with Crippen LogP contribution in [0.3, 0.4) is 0 Å². The van der Waals surface area contributed by atoms with E-state index in [2.05, 4.69) is 45.7 Å². The average molecular weight is 324 g/mol. The second-order valence-electron chi connectivity index (χ2n) is 5.21. The second kappa shape index (κ2) is 9.28. The van der Waals surface area contributed by atoms with Crippen LogP contribution in [0, 0.1) is 0 Å². The van der Waals surface area contributed by atoms with Crippen LogP contribution in [0.2, 0.25) is 0 Å². The second-order valence-corrected chi connectivity index (χ2v) is 7.17. The maximum atomic E-state index is 4.52. The highest BCUT2D eigenvalue weighted by Crippen LogP contribution is 2.24. The first kappa shape index (κ1) is 16.6. The Balaban J connectivity index is 1.83. The van der Waals surface area contributed by atoms with E-state index >= 15 is 0 Å². The monoisotopic (exact) mass is 323 g/mol. The van der Waals surface area contributed by atoms with E-state index in [0.717, 1.165) is 12.4 Å². The number of rotatable bonds is 10. The summed E-state index contributed by atoms with van der Waals surface area (Å²) in [5.74, 6) is 2.39. The summed E-state index contributed by atoms with van der Waals surface area (Å²) in [5.41, 5.74) is 0. The molecule has 1 N–H and O–H groups in total. The van der Waals surface area contributed by atoms with Crippen LogP contribution in [0.4, 0.5) is 0 Å². The number of hydrogen-bond donors (Lipinski definition) is 1. The average Bonchev–Trinajstić information content (AvgIpc) is 3.14. The SMILES string of the molecule is CSCCCCCCNC(c1cccs1)c1nccn1C. The zero-order valence-electron chi connectivity index (χ0n) is 12.9. The largest absolute Gasteiger partial charge is 0.336 e. The summed E-state index contributed by atoms with van der Waals surface area (Å²) in [4.78, 5) is 5.86. The van der Waals surface area contributed by atoms with Crippen LogP contribution in [0.25, 0.3) is 0 Å². The molecule has 0 aliphatic carbocycles. The van der Waals surface area contributed by atoms with Crippen molar-refractivity contribution in [1.29, 1.82) is 0 Å². The van der Waals surface area contributed by atoms with Gasteiger partial charge in [-0.05, 0) is 42.8 Å². The van der Waals surface area contributed by atoms with E-state index in [4.69, 9.17) is 0 Å². The quantitative estimate of drug-likeness (QED) is 0.668. The molecular formula is C16H25N3S2. The predicted octanol–water partition coefficient (Wildman–Crippen LogP) is 4.08. The minimum Gasteiger partial charge on any atom is -0.336 e. The highest BCUT2D eigenvalue weighted by atomic mass is 32.2. The number of aromatic nitrogens is 2. The highest BCUT2D eigenvalue weighted by molar-refractivity contribution is 7.98. The molecule has 0 spiro atoms. The normalized spacial score (nSPS) is 12.7. The van der Waals surface area contributed by atoms with E-state index < -0.39 is 0 Å². The summed E-state index contributed by atoms with van der Waals surface area (Å²) in [6.45, 7) is 1.05. The van der Waals surface area contributed by atoms with Crippen molar-refractivity contribution in [2.24, 2.45) is 7.05 Å². The van der Waals surface area contributed by atoms with Crippen molar-refractivity contribution in [2.75, 3.05) is 18.6 Å². The van der Waals surface area contributed by atoms with Crippen LogP contribution in [0.1, 0.15) is 42.4 Å². The van der Waals surface area contributed by atoms with E-state index in [1.165, 1.54) is 36.3 Å². The highest BCUT2D eigenvalue weighted by Gasteiger charge is 2.18. The molecule has 0 bridgehead atoms. The lowest BCUT2D eigenvalue weighted by atomic mass is 10.2. The Morgan fingerprint density at radius 2 is 2.19 bits per heavy atom. The smallest absolute Gasteiger partial charge is 0.131 e. The molecule has 0 fully saturated rings. The van der Waals surface area contributed by atoms with Crippen molar-refractivity contribution >= 4 is 23.1 Å². The van der Waals surface area contributed by atoms with Gasteiger partial charge in [-0.3, -0.25) is 0 Å². The van der Waals surface area contributed by atoms with Gasteiger partial charge in [0.1, 0.15) is 11.9 Å². The van der Waals surface area contributed by atoms with Crippen LogP contribution >= 0.6 is 23.1 Å². The first-order valence-corrected chi connectivity index (χ1v) is 9.83. The van der Waals surface area contributed by atoms with E-state index in [1.807, 2.05) is 24.2 Å². The zero-order chi connectivity index (χ0) is 14.9. The van der Waals surface area contributed by atoms with Gasteiger partial charge in [0, 0.05) is 24.3 Å². The van der Waals surface area contributed by atoms with Gasteiger partial charge in [-0.15, -0.1) is 11.3 Å². The Labute approximate surface area is 136 Å². The molecule has 2 heterocycles. The Morgan fingerprint density at radius 3 is 2.86 bits per heavy atom. The molecule has 1 unspecified atom stereocenters. The van der Waals surface area contributed by atoms with Gasteiger partial charge in [-0.2, -0.15) is 11.8 Å². The minimum absolute atomic E-state index is 0.219. The molecule has 0 amide bonds. The number of unbranched alkanes of at least 4 members (excludes halogenated alkanes) is 3. The van der Waals surface area contributed by atoms with Crippen molar-refractivity contribution in [2.45, 2.75) is 31.7 Å². The predicted molar refractivity (Wildman–Crippen MR) is 94.2 cm³/mol. The molecular weight excluding hydrogens is 298 g/mol. The molecule has 0 aliphatic rings. The molecule has 0 aliphatic heterocycles. The molecule has 21 heavy (non-hydrogen) atoms. The van der Waals surface area contributed by atoms with Gasteiger partial charge in [0.2, 0.25) is 0 Å². The van der Waals surface area contributed by atoms with Crippen molar-refractivity contribution < 1.29 is 0 Å². The van der Waals surface area contributed by atoms with Crippen molar-refractivity contribution in [3.63, 3.8) is 0 Å². The summed E-state index contributed by atoms with van der Waals surface area (Å²) in [6.07, 6.45) is 11.3. The Bertz CT molecular complexity index is 493. The Kier molecular flexibility index (Phi) is 7.33. The standard InChI is InChI=1S/C16H25N3S2/c1-19-11-10-18-16(19)15(14-8-7-13-21-14)17-9-5-3-4-6-12-20-2/h7-8,10-11,13,15,17H,3-6,9,12H2,1-2H3. The molecule has 3 nitrogen and oxygen atoms in total. The molecule has 2 aromatic rings. The molecule has 1 atom stereocenters. The number of nitrogens with one attached hydrogen (secondary N) is 1. The fourth-order valence-electron chi connectivity index (χ4n) is 2.40. The maximum absolute atomic E-state index is 4.52. The van der Waals surface area contributed by atoms with Crippen molar-refractivity contribution in [3.8, 4) is 0 Å². The van der Waals surface area contributed by atoms with Crippen molar-refractivity contribution in [1.82, 2.24) is 14.9 Å². The van der Waals surface area contributed by atoms with E-state index in [1.54, 1.807) is 11.3 Å². The van der Waals surface area contributed by atoms with Crippen LogP contribution in [-0.4, -0.2) is 28.1 Å². The van der Waals surface area contributed by atoms with Gasteiger partial charge in [0.15, 0.2) is 0 Å². The molecule has 0 aromatic carbocycles. The number of aryl methyl sites for hydroxylation is 1. The fourth-order valence-corrected chi connectivity index (χ4v) is 3.69. The summed E-state index contributed by atoms with van der Waals surface area (Å²) < 4.78 is 2.11. The molecule has 0 saturated heterocycles. The van der Waals surface area contributed by atoms with Gasteiger partial charge in [-0.25, -0.2) is 4.98 Å². The molecule has 0 radical (unpaired) electrons. The lowest BCUT2D eigenvalue weighted by molar-refractivity contribution is 0.534. The zero-order valence-corrected chi connectivity index (χ0v) is 14.6. The van der Waals surface area contributed by atoms with Gasteiger partial charge < -0.3 is 9.88 Å². The molecule has 5 heteroatoms. The Hall–Kier alpha value is -0.780. The van der Waals surface area contributed by atoms with E-state index in [9.17, 15) is 0 Å². The van der Waals surface area contributed by atoms with E-state index in [-0.39, 0.29) is 6.04 Å². The summed E-state index contributed by atoms with van der Waals surface area (Å²) in [6, 6.07) is 4.52. The summed E-state index contributed by atoms with van der Waals surface area (Å²) in [5, 5.41) is 5.81.